The molecule has 0 aromatic rings. The molecule has 10 heavy (non-hydrogen) atoms. The quantitative estimate of drug-likeness (QED) is 0.460. The maximum absolute atomic E-state index is 10.3. The highest BCUT2D eigenvalue weighted by Gasteiger charge is 2.08. The molecule has 0 aliphatic heterocycles. The van der Waals surface area contributed by atoms with E-state index in [4.69, 9.17) is 5.11 Å². The van der Waals surface area contributed by atoms with Crippen LogP contribution in [0.1, 0.15) is 0 Å². The standard InChI is InChI=1S/C6H10O4/c1-3-5(4-7)10-6(8)9-2/h3,5,7H,1,4H2,2H3. The first-order valence-corrected chi connectivity index (χ1v) is 2.72. The van der Waals surface area contributed by atoms with Gasteiger partial charge >= 0.3 is 6.16 Å². The fraction of sp³-hybridized carbons (Fsp3) is 0.500. The average Bonchev–Trinajstić information content (AvgIpc) is 1.99. The Hall–Kier alpha value is -1.03. The number of methoxy groups -OCH3 is 1. The first kappa shape index (κ1) is 8.97. The molecule has 4 heteroatoms. The topological polar surface area (TPSA) is 55.8 Å². The fourth-order valence-electron chi connectivity index (χ4n) is 0.332. The number of rotatable bonds is 3. The van der Waals surface area contributed by atoms with E-state index in [9.17, 15) is 4.79 Å². The van der Waals surface area contributed by atoms with Crippen molar-refractivity contribution < 1.29 is 19.4 Å². The smallest absolute Gasteiger partial charge is 0.438 e. The van der Waals surface area contributed by atoms with Crippen LogP contribution in [0.5, 0.6) is 0 Å². The molecule has 0 aliphatic rings. The van der Waals surface area contributed by atoms with Crippen molar-refractivity contribution in [2.75, 3.05) is 13.7 Å². The van der Waals surface area contributed by atoms with Gasteiger partial charge in [0, 0.05) is 0 Å². The number of aliphatic hydroxyl groups excluding tert-OH is 1. The molecule has 1 N–H and O–H groups in total. The van der Waals surface area contributed by atoms with E-state index in [2.05, 4.69) is 16.1 Å². The molecule has 58 valence electrons. The SMILES string of the molecule is C=CC(CO)OC(=O)OC. The fourth-order valence-corrected chi connectivity index (χ4v) is 0.332. The molecule has 0 bridgehead atoms. The number of hydrogen-bond acceptors (Lipinski definition) is 4. The lowest BCUT2D eigenvalue weighted by molar-refractivity contribution is 0.0321. The van der Waals surface area contributed by atoms with Crippen LogP contribution in [0.2, 0.25) is 0 Å². The highest BCUT2D eigenvalue weighted by atomic mass is 16.7. The van der Waals surface area contributed by atoms with Crippen molar-refractivity contribution in [1.29, 1.82) is 0 Å². The molecule has 0 spiro atoms. The lowest BCUT2D eigenvalue weighted by atomic mass is 10.4. The molecular formula is C6H10O4. The number of carbonyl (C=O) groups excluding carboxylic acids is 1. The van der Waals surface area contributed by atoms with Gasteiger partial charge < -0.3 is 14.6 Å². The van der Waals surface area contributed by atoms with E-state index in [0.717, 1.165) is 0 Å². The maximum atomic E-state index is 10.3. The summed E-state index contributed by atoms with van der Waals surface area (Å²) in [6.45, 7) is 3.05. The van der Waals surface area contributed by atoms with E-state index in [1.54, 1.807) is 0 Å². The van der Waals surface area contributed by atoms with Gasteiger partial charge in [0.05, 0.1) is 13.7 Å². The lowest BCUT2D eigenvalue weighted by Gasteiger charge is -2.08. The second-order valence-corrected chi connectivity index (χ2v) is 1.53. The van der Waals surface area contributed by atoms with Gasteiger partial charge in [0.25, 0.3) is 0 Å². The van der Waals surface area contributed by atoms with Crippen molar-refractivity contribution in [2.24, 2.45) is 0 Å². The number of aliphatic hydroxyl groups is 1. The summed E-state index contributed by atoms with van der Waals surface area (Å²) in [6, 6.07) is 0. The van der Waals surface area contributed by atoms with Crippen molar-refractivity contribution in [3.05, 3.63) is 12.7 Å². The van der Waals surface area contributed by atoms with Gasteiger partial charge in [0.15, 0.2) is 0 Å². The third-order valence-electron chi connectivity index (χ3n) is 0.857. The van der Waals surface area contributed by atoms with Crippen LogP contribution < -0.4 is 0 Å². The lowest BCUT2D eigenvalue weighted by Crippen LogP contribution is -2.19. The Morgan fingerprint density at radius 3 is 2.80 bits per heavy atom. The summed E-state index contributed by atoms with van der Waals surface area (Å²) in [4.78, 5) is 10.3. The van der Waals surface area contributed by atoms with Crippen LogP contribution in [0.3, 0.4) is 0 Å². The Labute approximate surface area is 59.1 Å². The molecule has 0 aromatic heterocycles. The minimum Gasteiger partial charge on any atom is -0.438 e. The van der Waals surface area contributed by atoms with Gasteiger partial charge in [-0.15, -0.1) is 0 Å². The van der Waals surface area contributed by atoms with Crippen LogP contribution in [-0.2, 0) is 9.47 Å². The van der Waals surface area contributed by atoms with Crippen LogP contribution in [0.15, 0.2) is 12.7 Å². The maximum Gasteiger partial charge on any atom is 0.508 e. The summed E-state index contributed by atoms with van der Waals surface area (Å²) in [5, 5.41) is 8.47. The van der Waals surface area contributed by atoms with Crippen LogP contribution in [0.4, 0.5) is 4.79 Å². The first-order valence-electron chi connectivity index (χ1n) is 2.72. The Morgan fingerprint density at radius 2 is 2.50 bits per heavy atom. The zero-order valence-electron chi connectivity index (χ0n) is 5.74. The molecule has 1 atom stereocenters. The van der Waals surface area contributed by atoms with Gasteiger partial charge in [-0.2, -0.15) is 0 Å². The Kier molecular flexibility index (Phi) is 4.32. The molecule has 0 saturated heterocycles. The Balaban J connectivity index is 3.62. The highest BCUT2D eigenvalue weighted by molar-refractivity contribution is 5.60. The zero-order chi connectivity index (χ0) is 7.98. The number of ether oxygens (including phenoxy) is 2. The molecule has 0 aromatic carbocycles. The summed E-state index contributed by atoms with van der Waals surface area (Å²) in [7, 11) is 1.19. The van der Waals surface area contributed by atoms with Crippen LogP contribution in [0.25, 0.3) is 0 Å². The highest BCUT2D eigenvalue weighted by Crippen LogP contribution is 1.93. The van der Waals surface area contributed by atoms with Gasteiger partial charge in [-0.25, -0.2) is 4.79 Å². The van der Waals surface area contributed by atoms with Gasteiger partial charge in [0.1, 0.15) is 6.10 Å². The van der Waals surface area contributed by atoms with E-state index in [1.165, 1.54) is 13.2 Å². The molecule has 0 rings (SSSR count). The molecule has 4 nitrogen and oxygen atoms in total. The normalized spacial score (nSPS) is 11.8. The third kappa shape index (κ3) is 3.09. The molecule has 0 aliphatic carbocycles. The molecule has 0 heterocycles. The van der Waals surface area contributed by atoms with E-state index < -0.39 is 12.3 Å². The monoisotopic (exact) mass is 146 g/mol. The Bertz CT molecular complexity index is 121. The zero-order valence-corrected chi connectivity index (χ0v) is 5.74. The van der Waals surface area contributed by atoms with Gasteiger partial charge in [-0.1, -0.05) is 6.58 Å². The molecule has 1 unspecified atom stereocenters. The van der Waals surface area contributed by atoms with Crippen LogP contribution in [-0.4, -0.2) is 31.1 Å². The summed E-state index contributed by atoms with van der Waals surface area (Å²) in [5.74, 6) is 0. The van der Waals surface area contributed by atoms with Crippen LogP contribution in [0, 0.1) is 0 Å². The Morgan fingerprint density at radius 1 is 1.90 bits per heavy atom. The number of hydrogen-bond donors (Lipinski definition) is 1. The molecule has 0 saturated carbocycles. The summed E-state index contributed by atoms with van der Waals surface area (Å²) >= 11 is 0. The molecule has 0 fully saturated rings. The molecular weight excluding hydrogens is 136 g/mol. The average molecular weight is 146 g/mol. The summed E-state index contributed by atoms with van der Waals surface area (Å²) in [6.07, 6.45) is -0.178. The minimum absolute atomic E-state index is 0.279. The van der Waals surface area contributed by atoms with Crippen molar-refractivity contribution in [1.82, 2.24) is 0 Å². The second-order valence-electron chi connectivity index (χ2n) is 1.53. The van der Waals surface area contributed by atoms with Crippen molar-refractivity contribution in [2.45, 2.75) is 6.10 Å². The van der Waals surface area contributed by atoms with Crippen molar-refractivity contribution in [3.8, 4) is 0 Å². The van der Waals surface area contributed by atoms with Gasteiger partial charge in [-0.05, 0) is 6.08 Å². The van der Waals surface area contributed by atoms with E-state index in [0.29, 0.717) is 0 Å². The minimum atomic E-state index is -0.820. The molecule has 0 amide bonds. The largest absolute Gasteiger partial charge is 0.508 e. The van der Waals surface area contributed by atoms with Gasteiger partial charge in [0.2, 0.25) is 0 Å². The van der Waals surface area contributed by atoms with E-state index in [1.807, 2.05) is 0 Å². The van der Waals surface area contributed by atoms with Crippen LogP contribution >= 0.6 is 0 Å². The third-order valence-corrected chi connectivity index (χ3v) is 0.857. The predicted octanol–water partition coefficient (Wildman–Crippen LogP) is 0.316. The summed E-state index contributed by atoms with van der Waals surface area (Å²) < 4.78 is 8.63. The number of carbonyl (C=O) groups is 1. The summed E-state index contributed by atoms with van der Waals surface area (Å²) in [5.41, 5.74) is 0. The van der Waals surface area contributed by atoms with Gasteiger partial charge in [-0.3, -0.25) is 0 Å². The van der Waals surface area contributed by atoms with Crippen molar-refractivity contribution in [3.63, 3.8) is 0 Å². The molecule has 0 radical (unpaired) electrons. The second kappa shape index (κ2) is 4.81. The van der Waals surface area contributed by atoms with E-state index >= 15 is 0 Å². The predicted molar refractivity (Wildman–Crippen MR) is 34.6 cm³/mol. The first-order chi connectivity index (χ1) is 4.74. The van der Waals surface area contributed by atoms with Crippen molar-refractivity contribution >= 4 is 6.16 Å². The van der Waals surface area contributed by atoms with E-state index in [-0.39, 0.29) is 6.61 Å².